The third kappa shape index (κ3) is 4.09. The van der Waals surface area contributed by atoms with Crippen molar-refractivity contribution < 1.29 is 26.9 Å². The Balaban J connectivity index is 2.10. The van der Waals surface area contributed by atoms with Gasteiger partial charge in [-0.3, -0.25) is 9.45 Å². The summed E-state index contributed by atoms with van der Waals surface area (Å²) in [6, 6.07) is 2.88. The number of likely N-dealkylation sites (tertiary alicyclic amines) is 1. The molecule has 0 radical (unpaired) electrons. The fraction of sp³-hybridized carbons (Fsp3) is 0.611. The van der Waals surface area contributed by atoms with E-state index in [1.807, 2.05) is 4.90 Å². The summed E-state index contributed by atoms with van der Waals surface area (Å²) in [6.45, 7) is 6.23. The molecule has 1 saturated heterocycles. The first kappa shape index (κ1) is 20.0. The van der Waals surface area contributed by atoms with Crippen LogP contribution >= 0.6 is 0 Å². The van der Waals surface area contributed by atoms with Crippen molar-refractivity contribution in [1.82, 2.24) is 9.21 Å². The number of carbonyl (C=O) groups is 1. The minimum Gasteiger partial charge on any atom is -0.443 e. The van der Waals surface area contributed by atoms with Gasteiger partial charge in [-0.2, -0.15) is 12.7 Å². The Morgan fingerprint density at radius 2 is 1.93 bits per heavy atom. The van der Waals surface area contributed by atoms with Gasteiger partial charge in [0, 0.05) is 11.6 Å². The SMILES string of the molecule is CC(C)(C)OC(=O)N([C@@H]1c2c(F)cccc2C[C@H]1N1CCCC1)S(=O)(=O)O. The van der Waals surface area contributed by atoms with Crippen LogP contribution in [0.2, 0.25) is 0 Å². The van der Waals surface area contributed by atoms with Gasteiger partial charge in [0.25, 0.3) is 0 Å². The molecule has 0 bridgehead atoms. The van der Waals surface area contributed by atoms with Crippen LogP contribution in [0.1, 0.15) is 50.8 Å². The fourth-order valence-electron chi connectivity index (χ4n) is 3.95. The maximum absolute atomic E-state index is 14.7. The molecule has 3 rings (SSSR count). The first-order valence-electron chi connectivity index (χ1n) is 9.00. The predicted octanol–water partition coefficient (Wildman–Crippen LogP) is 2.93. The number of benzene rings is 1. The second kappa shape index (κ2) is 7.03. The number of nitrogens with zero attached hydrogens (tertiary/aromatic N) is 2. The molecule has 150 valence electrons. The zero-order chi connectivity index (χ0) is 20.0. The lowest BCUT2D eigenvalue weighted by atomic mass is 10.1. The lowest BCUT2D eigenvalue weighted by molar-refractivity contribution is 0.0254. The average molecular weight is 400 g/mol. The van der Waals surface area contributed by atoms with Gasteiger partial charge in [0.1, 0.15) is 11.4 Å². The zero-order valence-electron chi connectivity index (χ0n) is 15.7. The smallest absolute Gasteiger partial charge is 0.426 e. The van der Waals surface area contributed by atoms with Crippen molar-refractivity contribution in [2.24, 2.45) is 0 Å². The minimum absolute atomic E-state index is 0.123. The molecule has 0 unspecified atom stereocenters. The van der Waals surface area contributed by atoms with Crippen LogP contribution in [-0.2, 0) is 21.5 Å². The minimum atomic E-state index is -4.98. The quantitative estimate of drug-likeness (QED) is 0.785. The Bertz CT molecular complexity index is 831. The van der Waals surface area contributed by atoms with Gasteiger partial charge in [-0.25, -0.2) is 9.18 Å². The van der Waals surface area contributed by atoms with E-state index >= 15 is 0 Å². The monoisotopic (exact) mass is 400 g/mol. The lowest BCUT2D eigenvalue weighted by Gasteiger charge is -2.36. The van der Waals surface area contributed by atoms with E-state index in [-0.39, 0.29) is 5.56 Å². The van der Waals surface area contributed by atoms with Crippen molar-refractivity contribution in [3.8, 4) is 0 Å². The average Bonchev–Trinajstić information content (AvgIpc) is 3.12. The molecule has 0 saturated carbocycles. The molecule has 1 heterocycles. The first-order valence-corrected chi connectivity index (χ1v) is 10.4. The van der Waals surface area contributed by atoms with Crippen molar-refractivity contribution in [2.75, 3.05) is 13.1 Å². The number of rotatable bonds is 3. The number of hydrogen-bond acceptors (Lipinski definition) is 5. The molecule has 9 heteroatoms. The summed E-state index contributed by atoms with van der Waals surface area (Å²) in [5.74, 6) is -0.601. The van der Waals surface area contributed by atoms with Crippen molar-refractivity contribution in [3.05, 3.63) is 35.1 Å². The summed E-state index contributed by atoms with van der Waals surface area (Å²) in [5.41, 5.74) is -0.216. The van der Waals surface area contributed by atoms with E-state index in [1.54, 1.807) is 32.9 Å². The molecule has 2 atom stereocenters. The van der Waals surface area contributed by atoms with E-state index in [2.05, 4.69) is 0 Å². The van der Waals surface area contributed by atoms with Crippen LogP contribution in [-0.4, -0.2) is 53.0 Å². The van der Waals surface area contributed by atoms with Gasteiger partial charge in [-0.1, -0.05) is 12.1 Å². The van der Waals surface area contributed by atoms with E-state index in [0.717, 1.165) is 25.9 Å². The summed E-state index contributed by atoms with van der Waals surface area (Å²) < 4.78 is 54.4. The number of fused-ring (bicyclic) bond motifs is 1. The van der Waals surface area contributed by atoms with Crippen LogP contribution in [0.3, 0.4) is 0 Å². The van der Waals surface area contributed by atoms with Crippen molar-refractivity contribution in [3.63, 3.8) is 0 Å². The normalized spacial score (nSPS) is 23.3. The summed E-state index contributed by atoms with van der Waals surface area (Å²) in [6.07, 6.45) is 1.07. The standard InChI is InChI=1S/C18H25FN2O5S/c1-18(2,3)26-17(22)21(27(23,24)25)16-14(20-9-4-5-10-20)11-12-7-6-8-13(19)15(12)16/h6-8,14,16H,4-5,9-11H2,1-3H3,(H,23,24,25)/t14-,16+/m1/s1. The lowest BCUT2D eigenvalue weighted by Crippen LogP contribution is -2.49. The van der Waals surface area contributed by atoms with Gasteiger partial charge in [0.15, 0.2) is 0 Å². The highest BCUT2D eigenvalue weighted by molar-refractivity contribution is 7.84. The molecule has 0 aromatic heterocycles. The van der Waals surface area contributed by atoms with Crippen molar-refractivity contribution in [1.29, 1.82) is 0 Å². The number of amides is 1. The van der Waals surface area contributed by atoms with Crippen LogP contribution < -0.4 is 0 Å². The molecule has 1 aromatic carbocycles. The first-order chi connectivity index (χ1) is 12.5. The topological polar surface area (TPSA) is 87.2 Å². The van der Waals surface area contributed by atoms with Gasteiger partial charge < -0.3 is 4.74 Å². The molecular weight excluding hydrogens is 375 g/mol. The van der Waals surface area contributed by atoms with Crippen LogP contribution in [0.4, 0.5) is 9.18 Å². The molecule has 7 nitrogen and oxygen atoms in total. The van der Waals surface area contributed by atoms with Crippen LogP contribution in [0, 0.1) is 5.82 Å². The number of hydrogen-bond donors (Lipinski definition) is 1. The molecule has 1 amide bonds. The Kier molecular flexibility index (Phi) is 5.22. The Hall–Kier alpha value is -1.71. The molecule has 1 aliphatic heterocycles. The highest BCUT2D eigenvalue weighted by Crippen LogP contribution is 2.42. The third-order valence-electron chi connectivity index (χ3n) is 4.92. The van der Waals surface area contributed by atoms with Crippen LogP contribution in [0.25, 0.3) is 0 Å². The maximum Gasteiger partial charge on any atom is 0.426 e. The van der Waals surface area contributed by atoms with E-state index in [4.69, 9.17) is 4.74 Å². The highest BCUT2D eigenvalue weighted by Gasteiger charge is 2.49. The van der Waals surface area contributed by atoms with Gasteiger partial charge in [-0.05, 0) is 64.8 Å². The summed E-state index contributed by atoms with van der Waals surface area (Å²) in [7, 11) is -4.98. The summed E-state index contributed by atoms with van der Waals surface area (Å²) in [4.78, 5) is 14.7. The van der Waals surface area contributed by atoms with Gasteiger partial charge in [-0.15, -0.1) is 0 Å². The van der Waals surface area contributed by atoms with Crippen molar-refractivity contribution in [2.45, 2.75) is 57.7 Å². The molecule has 1 N–H and O–H groups in total. The molecule has 0 spiro atoms. The van der Waals surface area contributed by atoms with Crippen molar-refractivity contribution >= 4 is 16.4 Å². The molecule has 1 aromatic rings. The molecule has 1 fully saturated rings. The fourth-order valence-corrected chi connectivity index (χ4v) is 4.71. The molecule has 2 aliphatic rings. The Morgan fingerprint density at radius 1 is 1.30 bits per heavy atom. The van der Waals surface area contributed by atoms with E-state index < -0.39 is 39.9 Å². The highest BCUT2D eigenvalue weighted by atomic mass is 32.2. The predicted molar refractivity (Wildman–Crippen MR) is 97.1 cm³/mol. The van der Waals surface area contributed by atoms with Gasteiger partial charge in [0.2, 0.25) is 0 Å². The molecular formula is C18H25FN2O5S. The molecule has 27 heavy (non-hydrogen) atoms. The number of halogens is 1. The van der Waals surface area contributed by atoms with E-state index in [0.29, 0.717) is 16.3 Å². The van der Waals surface area contributed by atoms with Crippen LogP contribution in [0.5, 0.6) is 0 Å². The summed E-state index contributed by atoms with van der Waals surface area (Å²) >= 11 is 0. The zero-order valence-corrected chi connectivity index (χ0v) is 16.5. The second-order valence-corrected chi connectivity index (χ2v) is 9.32. The Morgan fingerprint density at radius 3 is 2.48 bits per heavy atom. The van der Waals surface area contributed by atoms with E-state index in [1.165, 1.54) is 6.07 Å². The number of ether oxygens (including phenoxy) is 1. The summed E-state index contributed by atoms with van der Waals surface area (Å²) in [5, 5.41) is 0. The van der Waals surface area contributed by atoms with E-state index in [9.17, 15) is 22.2 Å². The second-order valence-electron chi connectivity index (χ2n) is 8.03. The van der Waals surface area contributed by atoms with Gasteiger partial charge in [0.05, 0.1) is 6.04 Å². The largest absolute Gasteiger partial charge is 0.443 e. The van der Waals surface area contributed by atoms with Crippen LogP contribution in [0.15, 0.2) is 18.2 Å². The van der Waals surface area contributed by atoms with Gasteiger partial charge >= 0.3 is 16.4 Å². The number of carbonyl (C=O) groups excluding carboxylic acids is 1. The maximum atomic E-state index is 14.7. The molecule has 1 aliphatic carbocycles. The third-order valence-corrected chi connectivity index (χ3v) is 5.79. The Labute approximate surface area is 159 Å².